The van der Waals surface area contributed by atoms with Crippen LogP contribution in [0.4, 0.5) is 14.6 Å². The summed E-state index contributed by atoms with van der Waals surface area (Å²) < 4.78 is 24.5. The maximum Gasteiger partial charge on any atom is 0.336 e. The molecule has 6 heteroatoms. The van der Waals surface area contributed by atoms with E-state index in [0.29, 0.717) is 0 Å². The van der Waals surface area contributed by atoms with Gasteiger partial charge in [0, 0.05) is 6.20 Å². The number of pyridine rings is 1. The number of nitrogens with zero attached hydrogens (tertiary/aromatic N) is 1. The highest BCUT2D eigenvalue weighted by Gasteiger charge is 2.21. The van der Waals surface area contributed by atoms with Gasteiger partial charge in [-0.15, -0.1) is 0 Å². The van der Waals surface area contributed by atoms with E-state index in [1.165, 1.54) is 0 Å². The fraction of sp³-hybridized carbons (Fsp3) is 0.143. The van der Waals surface area contributed by atoms with E-state index in [-0.39, 0.29) is 0 Å². The summed E-state index contributed by atoms with van der Waals surface area (Å²) in [7, 11) is 0. The highest BCUT2D eigenvalue weighted by Crippen LogP contribution is 2.26. The van der Waals surface area contributed by atoms with E-state index in [4.69, 9.17) is 10.8 Å². The highest BCUT2D eigenvalue weighted by molar-refractivity contribution is 5.90. The van der Waals surface area contributed by atoms with Crippen LogP contribution in [0.3, 0.4) is 0 Å². The smallest absolute Gasteiger partial charge is 0.336 e. The summed E-state index contributed by atoms with van der Waals surface area (Å²) in [5.41, 5.74) is 3.87. The highest BCUT2D eigenvalue weighted by atomic mass is 19.3. The van der Waals surface area contributed by atoms with Gasteiger partial charge in [-0.2, -0.15) is 0 Å². The van der Waals surface area contributed by atoms with E-state index < -0.39 is 29.3 Å². The fourth-order valence-electron chi connectivity index (χ4n) is 0.905. The molecule has 1 aromatic rings. The molecule has 0 aliphatic carbocycles. The summed E-state index contributed by atoms with van der Waals surface area (Å²) in [6.45, 7) is 0. The van der Waals surface area contributed by atoms with Gasteiger partial charge < -0.3 is 10.8 Å². The van der Waals surface area contributed by atoms with Crippen molar-refractivity contribution in [2.45, 2.75) is 6.43 Å². The minimum Gasteiger partial charge on any atom is -0.478 e. The maximum atomic E-state index is 12.3. The van der Waals surface area contributed by atoms with Crippen molar-refractivity contribution in [3.8, 4) is 0 Å². The summed E-state index contributed by atoms with van der Waals surface area (Å²) in [6, 6.07) is 0.986. The number of nitrogens with two attached hydrogens (primary N) is 1. The average molecular weight is 188 g/mol. The number of aromatic carboxylic acids is 1. The van der Waals surface area contributed by atoms with Gasteiger partial charge in [0.15, 0.2) is 0 Å². The Morgan fingerprint density at radius 2 is 2.23 bits per heavy atom. The number of carboxylic acid groups (broad SMARTS) is 1. The number of carbonyl (C=O) groups is 1. The molecule has 1 aromatic heterocycles. The summed E-state index contributed by atoms with van der Waals surface area (Å²) in [4.78, 5) is 13.8. The molecule has 4 nitrogen and oxygen atoms in total. The van der Waals surface area contributed by atoms with Gasteiger partial charge >= 0.3 is 5.97 Å². The Morgan fingerprint density at radius 3 is 2.62 bits per heavy atom. The van der Waals surface area contributed by atoms with E-state index in [1.807, 2.05) is 0 Å². The summed E-state index contributed by atoms with van der Waals surface area (Å²) >= 11 is 0. The Morgan fingerprint density at radius 1 is 1.62 bits per heavy atom. The molecular weight excluding hydrogens is 182 g/mol. The SMILES string of the molecule is Nc1nccc(C(=O)O)c1C(F)F. The third-order valence-electron chi connectivity index (χ3n) is 1.47. The predicted molar refractivity (Wildman–Crippen MR) is 40.6 cm³/mol. The monoisotopic (exact) mass is 188 g/mol. The molecular formula is C7H6F2N2O2. The molecule has 1 heterocycles. The molecule has 70 valence electrons. The molecule has 0 saturated heterocycles. The van der Waals surface area contributed by atoms with Gasteiger partial charge in [-0.25, -0.2) is 18.6 Å². The minimum atomic E-state index is -2.93. The van der Waals surface area contributed by atoms with Gasteiger partial charge in [0.1, 0.15) is 5.82 Å². The zero-order chi connectivity index (χ0) is 10.0. The first kappa shape index (κ1) is 9.37. The molecule has 0 unspecified atom stereocenters. The van der Waals surface area contributed by atoms with Crippen LogP contribution in [0.1, 0.15) is 22.3 Å². The van der Waals surface area contributed by atoms with E-state index in [9.17, 15) is 13.6 Å². The molecule has 0 aliphatic heterocycles. The second-order valence-electron chi connectivity index (χ2n) is 2.26. The van der Waals surface area contributed by atoms with Crippen LogP contribution in [0.2, 0.25) is 0 Å². The van der Waals surface area contributed by atoms with Crippen molar-refractivity contribution in [2.75, 3.05) is 5.73 Å². The lowest BCUT2D eigenvalue weighted by molar-refractivity contribution is 0.0684. The minimum absolute atomic E-state index is 0.449. The van der Waals surface area contributed by atoms with Crippen molar-refractivity contribution in [3.05, 3.63) is 23.4 Å². The standard InChI is InChI=1S/C7H6F2N2O2/c8-5(9)4-3(7(12)13)1-2-11-6(4)10/h1-2,5H,(H2,10,11)(H,12,13). The fourth-order valence-corrected chi connectivity index (χ4v) is 0.905. The van der Waals surface area contributed by atoms with Gasteiger partial charge in [-0.05, 0) is 6.07 Å². The number of hydrogen-bond donors (Lipinski definition) is 2. The first-order valence-electron chi connectivity index (χ1n) is 3.30. The second kappa shape index (κ2) is 3.34. The number of alkyl halides is 2. The van der Waals surface area contributed by atoms with Gasteiger partial charge in [0.25, 0.3) is 6.43 Å². The predicted octanol–water partition coefficient (Wildman–Crippen LogP) is 1.30. The normalized spacial score (nSPS) is 10.4. The third-order valence-corrected chi connectivity index (χ3v) is 1.47. The summed E-state index contributed by atoms with van der Waals surface area (Å²) in [6.07, 6.45) is -1.86. The number of carboxylic acids is 1. The van der Waals surface area contributed by atoms with Crippen LogP contribution in [0.25, 0.3) is 0 Å². The number of anilines is 1. The lowest BCUT2D eigenvalue weighted by Crippen LogP contribution is -2.07. The van der Waals surface area contributed by atoms with Crippen molar-refractivity contribution in [1.29, 1.82) is 0 Å². The number of nitrogen functional groups attached to an aromatic ring is 1. The quantitative estimate of drug-likeness (QED) is 0.733. The molecule has 0 radical (unpaired) electrons. The largest absolute Gasteiger partial charge is 0.478 e. The van der Waals surface area contributed by atoms with Crippen molar-refractivity contribution in [3.63, 3.8) is 0 Å². The van der Waals surface area contributed by atoms with Gasteiger partial charge in [-0.3, -0.25) is 0 Å². The molecule has 0 saturated carbocycles. The van der Waals surface area contributed by atoms with Crippen LogP contribution in [-0.4, -0.2) is 16.1 Å². The Bertz CT molecular complexity index is 341. The molecule has 1 rings (SSSR count). The van der Waals surface area contributed by atoms with Crippen LogP contribution in [-0.2, 0) is 0 Å². The average Bonchev–Trinajstić information content (AvgIpc) is 2.02. The Kier molecular flexibility index (Phi) is 2.41. The molecule has 3 N–H and O–H groups in total. The van der Waals surface area contributed by atoms with E-state index in [1.54, 1.807) is 0 Å². The molecule has 0 amide bonds. The van der Waals surface area contributed by atoms with Crippen molar-refractivity contribution >= 4 is 11.8 Å². The topological polar surface area (TPSA) is 76.2 Å². The van der Waals surface area contributed by atoms with E-state index in [0.717, 1.165) is 12.3 Å². The van der Waals surface area contributed by atoms with Crippen LogP contribution in [0.5, 0.6) is 0 Å². The molecule has 13 heavy (non-hydrogen) atoms. The van der Waals surface area contributed by atoms with E-state index >= 15 is 0 Å². The molecule has 0 aliphatic rings. The Balaban J connectivity index is 3.34. The molecule has 0 spiro atoms. The van der Waals surface area contributed by atoms with Gasteiger partial charge in [-0.1, -0.05) is 0 Å². The molecule has 0 fully saturated rings. The third kappa shape index (κ3) is 1.71. The van der Waals surface area contributed by atoms with Gasteiger partial charge in [0.2, 0.25) is 0 Å². The first-order valence-corrected chi connectivity index (χ1v) is 3.30. The molecule has 0 bridgehead atoms. The molecule has 0 aromatic carbocycles. The zero-order valence-electron chi connectivity index (χ0n) is 6.37. The van der Waals surface area contributed by atoms with Crippen molar-refractivity contribution in [2.24, 2.45) is 0 Å². The van der Waals surface area contributed by atoms with Crippen LogP contribution in [0.15, 0.2) is 12.3 Å². The number of aromatic nitrogens is 1. The van der Waals surface area contributed by atoms with Crippen LogP contribution < -0.4 is 5.73 Å². The lowest BCUT2D eigenvalue weighted by Gasteiger charge is -2.06. The number of hydrogen-bond acceptors (Lipinski definition) is 3. The van der Waals surface area contributed by atoms with Crippen LogP contribution in [0, 0.1) is 0 Å². The number of rotatable bonds is 2. The molecule has 0 atom stereocenters. The lowest BCUT2D eigenvalue weighted by atomic mass is 10.1. The van der Waals surface area contributed by atoms with Crippen LogP contribution >= 0.6 is 0 Å². The zero-order valence-corrected chi connectivity index (χ0v) is 6.37. The summed E-state index contributed by atoms with van der Waals surface area (Å²) in [5, 5.41) is 8.52. The van der Waals surface area contributed by atoms with Crippen molar-refractivity contribution in [1.82, 2.24) is 4.98 Å². The number of halogens is 2. The maximum absolute atomic E-state index is 12.3. The van der Waals surface area contributed by atoms with Gasteiger partial charge in [0.05, 0.1) is 11.1 Å². The Hall–Kier alpha value is -1.72. The Labute approximate surface area is 72.0 Å². The second-order valence-corrected chi connectivity index (χ2v) is 2.26. The van der Waals surface area contributed by atoms with E-state index in [2.05, 4.69) is 4.98 Å². The van der Waals surface area contributed by atoms with Crippen molar-refractivity contribution < 1.29 is 18.7 Å². The first-order chi connectivity index (χ1) is 6.04. The summed E-state index contributed by atoms with van der Waals surface area (Å²) in [5.74, 6) is -1.89.